The summed E-state index contributed by atoms with van der Waals surface area (Å²) in [5.74, 6) is 0.316. The van der Waals surface area contributed by atoms with E-state index in [4.69, 9.17) is 4.74 Å². The molecule has 0 radical (unpaired) electrons. The first kappa shape index (κ1) is 14.3. The zero-order chi connectivity index (χ0) is 14.8. The number of fused-ring (bicyclic) bond motifs is 1. The average Bonchev–Trinajstić information content (AvgIpc) is 2.71. The molecule has 1 fully saturated rings. The van der Waals surface area contributed by atoms with Gasteiger partial charge in [-0.15, -0.1) is 0 Å². The molecule has 0 N–H and O–H groups in total. The van der Waals surface area contributed by atoms with Crippen molar-refractivity contribution < 1.29 is 9.53 Å². The van der Waals surface area contributed by atoms with Crippen LogP contribution in [0.15, 0.2) is 42.5 Å². The van der Waals surface area contributed by atoms with Crippen molar-refractivity contribution in [2.45, 2.75) is 44.3 Å². The number of hydrogen-bond donors (Lipinski definition) is 0. The molecule has 2 aliphatic rings. The van der Waals surface area contributed by atoms with Gasteiger partial charge in [-0.25, -0.2) is 0 Å². The van der Waals surface area contributed by atoms with E-state index in [1.165, 1.54) is 19.1 Å². The van der Waals surface area contributed by atoms with Gasteiger partial charge in [0.1, 0.15) is 6.04 Å². The van der Waals surface area contributed by atoms with Crippen molar-refractivity contribution in [1.82, 2.24) is 4.90 Å². The van der Waals surface area contributed by atoms with Crippen molar-refractivity contribution in [2.75, 3.05) is 7.11 Å². The van der Waals surface area contributed by atoms with E-state index in [-0.39, 0.29) is 18.1 Å². The molecule has 1 aromatic rings. The number of allylic oxidation sites excluding steroid dienone is 1. The lowest BCUT2D eigenvalue weighted by Crippen LogP contribution is -2.66. The smallest absolute Gasteiger partial charge is 0.323 e. The summed E-state index contributed by atoms with van der Waals surface area (Å²) in [4.78, 5) is 14.5. The van der Waals surface area contributed by atoms with E-state index in [9.17, 15) is 4.79 Å². The van der Waals surface area contributed by atoms with Crippen molar-refractivity contribution in [2.24, 2.45) is 5.92 Å². The molecule has 0 bridgehead atoms. The number of esters is 1. The molecule has 0 aromatic heterocycles. The minimum atomic E-state index is -0.0991. The van der Waals surface area contributed by atoms with Crippen LogP contribution in [-0.4, -0.2) is 30.1 Å². The fraction of sp³-hybridized carbons (Fsp3) is 0.500. The van der Waals surface area contributed by atoms with Crippen LogP contribution < -0.4 is 0 Å². The molecular formula is C18H23NO2. The van der Waals surface area contributed by atoms with Gasteiger partial charge in [0.15, 0.2) is 0 Å². The molecule has 0 amide bonds. The summed E-state index contributed by atoms with van der Waals surface area (Å²) >= 11 is 0. The number of benzene rings is 1. The summed E-state index contributed by atoms with van der Waals surface area (Å²) in [6.45, 7) is 2.18. The van der Waals surface area contributed by atoms with Crippen LogP contribution in [0.4, 0.5) is 0 Å². The van der Waals surface area contributed by atoms with Gasteiger partial charge < -0.3 is 4.74 Å². The molecule has 3 unspecified atom stereocenters. The lowest BCUT2D eigenvalue weighted by Gasteiger charge is -2.55. The summed E-state index contributed by atoms with van der Waals surface area (Å²) < 4.78 is 5.06. The molecule has 0 saturated carbocycles. The van der Waals surface area contributed by atoms with Crippen LogP contribution in [0.1, 0.15) is 37.8 Å². The second-order valence-corrected chi connectivity index (χ2v) is 6.02. The van der Waals surface area contributed by atoms with Gasteiger partial charge in [0.05, 0.1) is 7.11 Å². The molecular weight excluding hydrogens is 262 g/mol. The van der Waals surface area contributed by atoms with E-state index >= 15 is 0 Å². The molecule has 1 aromatic carbocycles. The maximum Gasteiger partial charge on any atom is 0.323 e. The van der Waals surface area contributed by atoms with E-state index in [2.05, 4.69) is 48.2 Å². The number of hydrogen-bond acceptors (Lipinski definition) is 3. The average molecular weight is 285 g/mol. The summed E-state index contributed by atoms with van der Waals surface area (Å²) in [5, 5.41) is 0. The molecule has 1 saturated heterocycles. The van der Waals surface area contributed by atoms with Crippen molar-refractivity contribution in [3.05, 3.63) is 48.0 Å². The zero-order valence-corrected chi connectivity index (χ0v) is 12.7. The second-order valence-electron chi connectivity index (χ2n) is 6.02. The highest BCUT2D eigenvalue weighted by Gasteiger charge is 2.53. The first-order valence-corrected chi connectivity index (χ1v) is 7.81. The first-order chi connectivity index (χ1) is 10.2. The van der Waals surface area contributed by atoms with E-state index in [1.807, 2.05) is 6.07 Å². The van der Waals surface area contributed by atoms with Gasteiger partial charge in [-0.05, 0) is 31.7 Å². The Morgan fingerprint density at radius 1 is 1.33 bits per heavy atom. The largest absolute Gasteiger partial charge is 0.468 e. The second kappa shape index (κ2) is 6.02. The van der Waals surface area contributed by atoms with Crippen LogP contribution in [0.5, 0.6) is 0 Å². The fourth-order valence-corrected chi connectivity index (χ4v) is 3.81. The molecule has 0 spiro atoms. The molecule has 4 atom stereocenters. The van der Waals surface area contributed by atoms with Crippen LogP contribution in [0, 0.1) is 5.92 Å². The van der Waals surface area contributed by atoms with E-state index in [0.29, 0.717) is 12.0 Å². The molecule has 3 heteroatoms. The van der Waals surface area contributed by atoms with Crippen LogP contribution in [0.2, 0.25) is 0 Å². The minimum Gasteiger partial charge on any atom is -0.468 e. The third-order valence-corrected chi connectivity index (χ3v) is 4.92. The molecule has 3 rings (SSSR count). The SMILES string of the molecule is COC(=O)C1C2CCCC=CC2N1[C@H](C)c1ccccc1. The summed E-state index contributed by atoms with van der Waals surface area (Å²) in [7, 11) is 1.49. The van der Waals surface area contributed by atoms with Crippen LogP contribution in [0.25, 0.3) is 0 Å². The highest BCUT2D eigenvalue weighted by molar-refractivity contribution is 5.78. The van der Waals surface area contributed by atoms with Crippen LogP contribution in [0.3, 0.4) is 0 Å². The predicted octanol–water partition coefficient (Wildman–Crippen LogP) is 3.33. The highest BCUT2D eigenvalue weighted by Crippen LogP contribution is 2.44. The van der Waals surface area contributed by atoms with Crippen molar-refractivity contribution in [3.8, 4) is 0 Å². The maximum atomic E-state index is 12.2. The normalized spacial score (nSPS) is 29.9. The number of rotatable bonds is 3. The Morgan fingerprint density at radius 2 is 2.10 bits per heavy atom. The van der Waals surface area contributed by atoms with Gasteiger partial charge >= 0.3 is 5.97 Å². The number of likely N-dealkylation sites (tertiary alicyclic amines) is 1. The van der Waals surface area contributed by atoms with E-state index in [0.717, 1.165) is 12.8 Å². The van der Waals surface area contributed by atoms with Gasteiger partial charge in [0.2, 0.25) is 0 Å². The Kier molecular flexibility index (Phi) is 4.11. The highest BCUT2D eigenvalue weighted by atomic mass is 16.5. The number of carbonyl (C=O) groups excluding carboxylic acids is 1. The van der Waals surface area contributed by atoms with Crippen molar-refractivity contribution >= 4 is 5.97 Å². The van der Waals surface area contributed by atoms with Gasteiger partial charge in [0.25, 0.3) is 0 Å². The van der Waals surface area contributed by atoms with E-state index < -0.39 is 0 Å². The van der Waals surface area contributed by atoms with Crippen molar-refractivity contribution in [1.29, 1.82) is 0 Å². The molecule has 21 heavy (non-hydrogen) atoms. The van der Waals surface area contributed by atoms with Gasteiger partial charge in [-0.2, -0.15) is 0 Å². The number of nitrogens with zero attached hydrogens (tertiary/aromatic N) is 1. The monoisotopic (exact) mass is 285 g/mol. The topological polar surface area (TPSA) is 29.5 Å². The third kappa shape index (κ3) is 2.51. The summed E-state index contributed by atoms with van der Waals surface area (Å²) in [6.07, 6.45) is 7.95. The Balaban J connectivity index is 1.88. The lowest BCUT2D eigenvalue weighted by atomic mass is 9.75. The summed E-state index contributed by atoms with van der Waals surface area (Å²) in [5.41, 5.74) is 1.25. The number of methoxy groups -OCH3 is 1. The van der Waals surface area contributed by atoms with Crippen molar-refractivity contribution in [3.63, 3.8) is 0 Å². The number of ether oxygens (including phenoxy) is 1. The van der Waals surface area contributed by atoms with Gasteiger partial charge in [-0.1, -0.05) is 42.5 Å². The fourth-order valence-electron chi connectivity index (χ4n) is 3.81. The Labute approximate surface area is 126 Å². The van der Waals surface area contributed by atoms with Gasteiger partial charge in [0, 0.05) is 18.0 Å². The molecule has 112 valence electrons. The standard InChI is InChI=1S/C18H23NO2/c1-13(14-9-5-3-6-10-14)19-16-12-8-4-7-11-15(16)17(19)18(20)21-2/h3,5-6,8-10,12-13,15-17H,4,7,11H2,1-2H3/t13-,15?,16?,17?/m1/s1. The van der Waals surface area contributed by atoms with Crippen LogP contribution >= 0.6 is 0 Å². The molecule has 3 nitrogen and oxygen atoms in total. The van der Waals surface area contributed by atoms with Crippen LogP contribution in [-0.2, 0) is 9.53 Å². The molecule has 1 aliphatic carbocycles. The lowest BCUT2D eigenvalue weighted by molar-refractivity contribution is -0.166. The Morgan fingerprint density at radius 3 is 2.81 bits per heavy atom. The minimum absolute atomic E-state index is 0.0886. The Hall–Kier alpha value is -1.61. The van der Waals surface area contributed by atoms with E-state index in [1.54, 1.807) is 0 Å². The third-order valence-electron chi connectivity index (χ3n) is 4.92. The maximum absolute atomic E-state index is 12.2. The number of carbonyl (C=O) groups is 1. The summed E-state index contributed by atoms with van der Waals surface area (Å²) in [6, 6.07) is 10.9. The zero-order valence-electron chi connectivity index (χ0n) is 12.7. The molecule has 1 aliphatic heterocycles. The first-order valence-electron chi connectivity index (χ1n) is 7.81. The Bertz CT molecular complexity index is 525. The predicted molar refractivity (Wildman–Crippen MR) is 82.8 cm³/mol. The van der Waals surface area contributed by atoms with Gasteiger partial charge in [-0.3, -0.25) is 9.69 Å². The quantitative estimate of drug-likeness (QED) is 0.630. The molecule has 1 heterocycles.